The number of fused-ring (bicyclic) bond motifs is 1. The van der Waals surface area contributed by atoms with E-state index in [0.717, 1.165) is 29.0 Å². The molecule has 0 saturated heterocycles. The van der Waals surface area contributed by atoms with Crippen LogP contribution in [0.4, 0.5) is 0 Å². The van der Waals surface area contributed by atoms with Gasteiger partial charge in [0.05, 0.1) is 17.1 Å². The van der Waals surface area contributed by atoms with Crippen LogP contribution in [-0.2, 0) is 19.6 Å². The number of benzene rings is 2. The Morgan fingerprint density at radius 1 is 1.17 bits per heavy atom. The number of rotatable bonds is 5. The number of imidazole rings is 1. The van der Waals surface area contributed by atoms with Gasteiger partial charge in [-0.1, -0.05) is 19.1 Å². The molecule has 1 heterocycles. The van der Waals surface area contributed by atoms with Crippen LogP contribution in [0.5, 0.6) is 5.75 Å². The van der Waals surface area contributed by atoms with Crippen molar-refractivity contribution in [3.05, 3.63) is 58.9 Å². The van der Waals surface area contributed by atoms with E-state index in [-0.39, 0.29) is 6.54 Å². The molecule has 0 radical (unpaired) electrons. The lowest BCUT2D eigenvalue weighted by Crippen LogP contribution is -2.06. The fourth-order valence-electron chi connectivity index (χ4n) is 2.79. The van der Waals surface area contributed by atoms with Gasteiger partial charge in [-0.2, -0.15) is 5.26 Å². The molecule has 0 aliphatic rings. The Balaban J connectivity index is 1.93. The highest BCUT2D eigenvalue weighted by Gasteiger charge is 2.12. The Labute approximate surface area is 142 Å². The molecule has 0 unspecified atom stereocenters. The minimum atomic E-state index is 0.271. The van der Waals surface area contributed by atoms with Crippen LogP contribution in [0, 0.1) is 25.2 Å². The quantitative estimate of drug-likeness (QED) is 0.704. The van der Waals surface area contributed by atoms with Gasteiger partial charge in [-0.05, 0) is 61.2 Å². The van der Waals surface area contributed by atoms with Crippen molar-refractivity contribution in [3.63, 3.8) is 0 Å². The van der Waals surface area contributed by atoms with Gasteiger partial charge in [0, 0.05) is 0 Å². The fourth-order valence-corrected chi connectivity index (χ4v) is 2.79. The van der Waals surface area contributed by atoms with Crippen LogP contribution in [0.2, 0.25) is 0 Å². The maximum atomic E-state index is 9.16. The van der Waals surface area contributed by atoms with Gasteiger partial charge < -0.3 is 9.30 Å². The van der Waals surface area contributed by atoms with E-state index in [1.165, 1.54) is 16.7 Å². The summed E-state index contributed by atoms with van der Waals surface area (Å²) in [4.78, 5) is 4.68. The fraction of sp³-hybridized carbons (Fsp3) is 0.300. The van der Waals surface area contributed by atoms with E-state index < -0.39 is 0 Å². The predicted octanol–water partition coefficient (Wildman–Crippen LogP) is 4.32. The zero-order valence-electron chi connectivity index (χ0n) is 14.3. The third-order valence-corrected chi connectivity index (χ3v) is 4.35. The number of aryl methyl sites for hydroxylation is 3. The SMILES string of the molecule is CCc1cccc(OCc2nc3cc(C)c(C)cc3n2CC#N)c1. The molecule has 3 aromatic rings. The van der Waals surface area contributed by atoms with Crippen molar-refractivity contribution in [1.29, 1.82) is 5.26 Å². The summed E-state index contributed by atoms with van der Waals surface area (Å²) in [6.07, 6.45) is 0.975. The number of hydrogen-bond donors (Lipinski definition) is 0. The van der Waals surface area contributed by atoms with Crippen LogP contribution in [0.3, 0.4) is 0 Å². The summed E-state index contributed by atoms with van der Waals surface area (Å²) >= 11 is 0. The number of hydrogen-bond acceptors (Lipinski definition) is 3. The summed E-state index contributed by atoms with van der Waals surface area (Å²) in [5.74, 6) is 1.61. The van der Waals surface area contributed by atoms with E-state index in [0.29, 0.717) is 6.61 Å². The second-order valence-corrected chi connectivity index (χ2v) is 5.99. The van der Waals surface area contributed by atoms with Crippen molar-refractivity contribution < 1.29 is 4.74 Å². The molecule has 0 fully saturated rings. The van der Waals surface area contributed by atoms with Gasteiger partial charge >= 0.3 is 0 Å². The van der Waals surface area contributed by atoms with Crippen LogP contribution in [-0.4, -0.2) is 9.55 Å². The molecule has 0 spiro atoms. The first kappa shape index (κ1) is 16.1. The highest BCUT2D eigenvalue weighted by molar-refractivity contribution is 5.78. The highest BCUT2D eigenvalue weighted by Crippen LogP contribution is 2.22. The minimum absolute atomic E-state index is 0.271. The molecule has 0 amide bonds. The Hall–Kier alpha value is -2.80. The minimum Gasteiger partial charge on any atom is -0.486 e. The van der Waals surface area contributed by atoms with Gasteiger partial charge in [-0.15, -0.1) is 0 Å². The third kappa shape index (κ3) is 3.11. The number of nitriles is 1. The average Bonchev–Trinajstić information content (AvgIpc) is 2.91. The summed E-state index contributed by atoms with van der Waals surface area (Å²) in [6, 6.07) is 14.5. The lowest BCUT2D eigenvalue weighted by Gasteiger charge is -2.09. The molecule has 2 aromatic carbocycles. The Morgan fingerprint density at radius 2 is 1.96 bits per heavy atom. The maximum absolute atomic E-state index is 9.16. The summed E-state index contributed by atoms with van der Waals surface area (Å²) in [5.41, 5.74) is 5.54. The second kappa shape index (κ2) is 6.76. The lowest BCUT2D eigenvalue weighted by molar-refractivity contribution is 0.291. The molecule has 1 aromatic heterocycles. The molecule has 3 rings (SSSR count). The van der Waals surface area contributed by atoms with Crippen molar-refractivity contribution in [3.8, 4) is 11.8 Å². The monoisotopic (exact) mass is 319 g/mol. The van der Waals surface area contributed by atoms with Crippen LogP contribution < -0.4 is 4.74 Å². The van der Waals surface area contributed by atoms with Crippen LogP contribution in [0.1, 0.15) is 29.4 Å². The number of ether oxygens (including phenoxy) is 1. The Kier molecular flexibility index (Phi) is 4.52. The van der Waals surface area contributed by atoms with Crippen molar-refractivity contribution >= 4 is 11.0 Å². The largest absolute Gasteiger partial charge is 0.486 e. The van der Waals surface area contributed by atoms with E-state index >= 15 is 0 Å². The molecule has 0 aliphatic carbocycles. The van der Waals surface area contributed by atoms with E-state index in [9.17, 15) is 0 Å². The van der Waals surface area contributed by atoms with E-state index in [1.807, 2.05) is 22.8 Å². The first-order valence-corrected chi connectivity index (χ1v) is 8.17. The summed E-state index contributed by atoms with van der Waals surface area (Å²) in [5, 5.41) is 9.16. The number of aromatic nitrogens is 2. The summed E-state index contributed by atoms with van der Waals surface area (Å²) in [6.45, 7) is 6.89. The smallest absolute Gasteiger partial charge is 0.148 e. The average molecular weight is 319 g/mol. The molecule has 0 saturated carbocycles. The van der Waals surface area contributed by atoms with E-state index in [1.54, 1.807) is 0 Å². The molecule has 4 nitrogen and oxygen atoms in total. The van der Waals surface area contributed by atoms with Gasteiger partial charge in [0.15, 0.2) is 0 Å². The second-order valence-electron chi connectivity index (χ2n) is 5.99. The summed E-state index contributed by atoms with van der Waals surface area (Å²) < 4.78 is 7.85. The van der Waals surface area contributed by atoms with Gasteiger partial charge in [-0.3, -0.25) is 0 Å². The zero-order chi connectivity index (χ0) is 17.1. The van der Waals surface area contributed by atoms with Crippen LogP contribution in [0.25, 0.3) is 11.0 Å². The molecular formula is C20H21N3O. The van der Waals surface area contributed by atoms with Gasteiger partial charge in [0.1, 0.15) is 24.7 Å². The van der Waals surface area contributed by atoms with Gasteiger partial charge in [0.25, 0.3) is 0 Å². The lowest BCUT2D eigenvalue weighted by atomic mass is 10.1. The van der Waals surface area contributed by atoms with E-state index in [4.69, 9.17) is 10.00 Å². The highest BCUT2D eigenvalue weighted by atomic mass is 16.5. The standard InChI is InChI=1S/C20H21N3O/c1-4-16-6-5-7-17(12-16)24-13-20-22-18-10-14(2)15(3)11-19(18)23(20)9-8-21/h5-7,10-12H,4,9,13H2,1-3H3. The third-order valence-electron chi connectivity index (χ3n) is 4.35. The van der Waals surface area contributed by atoms with Crippen molar-refractivity contribution in [2.45, 2.75) is 40.3 Å². The molecule has 0 bridgehead atoms. The van der Waals surface area contributed by atoms with E-state index in [2.05, 4.69) is 50.0 Å². The topological polar surface area (TPSA) is 50.8 Å². The Bertz CT molecular complexity index is 919. The van der Waals surface area contributed by atoms with Gasteiger partial charge in [0.2, 0.25) is 0 Å². The van der Waals surface area contributed by atoms with Crippen LogP contribution >= 0.6 is 0 Å². The maximum Gasteiger partial charge on any atom is 0.148 e. The summed E-state index contributed by atoms with van der Waals surface area (Å²) in [7, 11) is 0. The van der Waals surface area contributed by atoms with Crippen molar-refractivity contribution in [2.24, 2.45) is 0 Å². The molecule has 0 atom stereocenters. The normalized spacial score (nSPS) is 10.8. The molecule has 24 heavy (non-hydrogen) atoms. The first-order valence-electron chi connectivity index (χ1n) is 8.17. The zero-order valence-corrected chi connectivity index (χ0v) is 14.3. The molecule has 0 aliphatic heterocycles. The molecule has 122 valence electrons. The van der Waals surface area contributed by atoms with Gasteiger partial charge in [-0.25, -0.2) is 4.98 Å². The van der Waals surface area contributed by atoms with Crippen molar-refractivity contribution in [1.82, 2.24) is 9.55 Å². The number of nitrogens with zero attached hydrogens (tertiary/aromatic N) is 3. The predicted molar refractivity (Wildman–Crippen MR) is 95.0 cm³/mol. The van der Waals surface area contributed by atoms with Crippen LogP contribution in [0.15, 0.2) is 36.4 Å². The molecular weight excluding hydrogens is 298 g/mol. The Morgan fingerprint density at radius 3 is 2.71 bits per heavy atom. The molecule has 4 heteroatoms. The van der Waals surface area contributed by atoms with Crippen molar-refractivity contribution in [2.75, 3.05) is 0 Å². The molecule has 0 N–H and O–H groups in total. The first-order chi connectivity index (χ1) is 11.6.